The highest BCUT2D eigenvalue weighted by Crippen LogP contribution is 2.32. The van der Waals surface area contributed by atoms with Gasteiger partial charge in [0, 0.05) is 43.6 Å². The summed E-state index contributed by atoms with van der Waals surface area (Å²) in [6.45, 7) is 3.76. The molecule has 1 aliphatic rings. The highest BCUT2D eigenvalue weighted by Gasteiger charge is 2.30. The van der Waals surface area contributed by atoms with Gasteiger partial charge in [0.25, 0.3) is 0 Å². The zero-order valence-electron chi connectivity index (χ0n) is 12.8. The van der Waals surface area contributed by atoms with Gasteiger partial charge >= 0.3 is 6.18 Å². The molecule has 0 atom stereocenters. The number of likely N-dealkylation sites (N-methyl/N-ethyl adjacent to an activating group) is 1. The zero-order valence-corrected chi connectivity index (χ0v) is 12.8. The topological polar surface area (TPSA) is 19.4 Å². The van der Waals surface area contributed by atoms with Crippen LogP contribution in [0, 0.1) is 0 Å². The summed E-state index contributed by atoms with van der Waals surface area (Å²) in [4.78, 5) is 8.73. The Morgan fingerprint density at radius 2 is 1.74 bits per heavy atom. The van der Waals surface area contributed by atoms with Crippen molar-refractivity contribution in [2.45, 2.75) is 6.18 Å². The maximum atomic E-state index is 12.9. The Morgan fingerprint density at radius 1 is 1.00 bits per heavy atom. The molecule has 0 saturated carbocycles. The third-order valence-corrected chi connectivity index (χ3v) is 4.10. The smallest absolute Gasteiger partial charge is 0.369 e. The van der Waals surface area contributed by atoms with Crippen molar-refractivity contribution in [1.82, 2.24) is 9.88 Å². The van der Waals surface area contributed by atoms with E-state index in [9.17, 15) is 13.2 Å². The Labute approximate surface area is 133 Å². The fourth-order valence-electron chi connectivity index (χ4n) is 2.69. The predicted molar refractivity (Wildman–Crippen MR) is 84.4 cm³/mol. The molecule has 1 aromatic carbocycles. The van der Waals surface area contributed by atoms with Gasteiger partial charge in [0.1, 0.15) is 0 Å². The molecule has 2 heterocycles. The number of anilines is 1. The molecular formula is C17H18F3N3. The van der Waals surface area contributed by atoms with Crippen LogP contribution < -0.4 is 4.90 Å². The average molecular weight is 321 g/mol. The van der Waals surface area contributed by atoms with E-state index in [2.05, 4.69) is 21.8 Å². The molecule has 0 unspecified atom stereocenters. The monoisotopic (exact) mass is 321 g/mol. The van der Waals surface area contributed by atoms with Crippen molar-refractivity contribution < 1.29 is 13.2 Å². The first-order valence-corrected chi connectivity index (χ1v) is 7.51. The third-order valence-electron chi connectivity index (χ3n) is 4.10. The van der Waals surface area contributed by atoms with Crippen molar-refractivity contribution in [2.24, 2.45) is 0 Å². The van der Waals surface area contributed by atoms with E-state index in [0.717, 1.165) is 44.0 Å². The molecule has 23 heavy (non-hydrogen) atoms. The van der Waals surface area contributed by atoms with Crippen molar-refractivity contribution in [3.8, 4) is 11.3 Å². The number of hydrogen-bond donors (Lipinski definition) is 0. The van der Waals surface area contributed by atoms with Gasteiger partial charge in [-0.25, -0.2) is 0 Å². The summed E-state index contributed by atoms with van der Waals surface area (Å²) in [5, 5.41) is 0. The van der Waals surface area contributed by atoms with Gasteiger partial charge in [0.05, 0.1) is 11.3 Å². The minimum atomic E-state index is -4.34. The van der Waals surface area contributed by atoms with Crippen molar-refractivity contribution >= 4 is 5.69 Å². The number of hydrogen-bond acceptors (Lipinski definition) is 3. The number of halogens is 3. The van der Waals surface area contributed by atoms with Crippen molar-refractivity contribution in [2.75, 3.05) is 38.1 Å². The van der Waals surface area contributed by atoms with Crippen LogP contribution in [0.5, 0.6) is 0 Å². The number of nitrogens with zero attached hydrogens (tertiary/aromatic N) is 3. The van der Waals surface area contributed by atoms with Gasteiger partial charge in [-0.2, -0.15) is 13.2 Å². The molecule has 1 aliphatic heterocycles. The average Bonchev–Trinajstić information content (AvgIpc) is 2.55. The second kappa shape index (κ2) is 6.20. The van der Waals surface area contributed by atoms with Crippen LogP contribution in [0.25, 0.3) is 11.3 Å². The summed E-state index contributed by atoms with van der Waals surface area (Å²) in [6, 6.07) is 9.07. The maximum Gasteiger partial charge on any atom is 0.416 e. The molecule has 0 spiro atoms. The van der Waals surface area contributed by atoms with E-state index in [1.165, 1.54) is 6.07 Å². The molecule has 122 valence electrons. The summed E-state index contributed by atoms with van der Waals surface area (Å²) >= 11 is 0. The minimum Gasteiger partial charge on any atom is -0.369 e. The fourth-order valence-corrected chi connectivity index (χ4v) is 2.69. The quantitative estimate of drug-likeness (QED) is 0.844. The molecule has 2 aromatic rings. The molecule has 3 rings (SSSR count). The Kier molecular flexibility index (Phi) is 4.26. The number of aromatic nitrogens is 1. The second-order valence-corrected chi connectivity index (χ2v) is 5.77. The number of alkyl halides is 3. The van der Waals surface area contributed by atoms with Crippen LogP contribution in [0.1, 0.15) is 5.56 Å². The first-order valence-electron chi connectivity index (χ1n) is 7.51. The van der Waals surface area contributed by atoms with E-state index in [-0.39, 0.29) is 0 Å². The molecule has 1 fully saturated rings. The van der Waals surface area contributed by atoms with Crippen LogP contribution >= 0.6 is 0 Å². The Hall–Kier alpha value is -2.08. The summed E-state index contributed by atoms with van der Waals surface area (Å²) in [7, 11) is 2.08. The highest BCUT2D eigenvalue weighted by molar-refractivity contribution is 5.65. The Bertz CT molecular complexity index is 677. The van der Waals surface area contributed by atoms with Crippen LogP contribution in [0.3, 0.4) is 0 Å². The zero-order chi connectivity index (χ0) is 16.4. The molecular weight excluding hydrogens is 303 g/mol. The van der Waals surface area contributed by atoms with Gasteiger partial charge in [-0.05, 0) is 31.3 Å². The van der Waals surface area contributed by atoms with Crippen LogP contribution in [-0.4, -0.2) is 43.1 Å². The summed E-state index contributed by atoms with van der Waals surface area (Å²) in [5.41, 5.74) is 1.39. The van der Waals surface area contributed by atoms with Crippen LogP contribution in [0.15, 0.2) is 42.6 Å². The molecule has 0 aliphatic carbocycles. The Morgan fingerprint density at radius 3 is 2.43 bits per heavy atom. The van der Waals surface area contributed by atoms with Gasteiger partial charge in [-0.3, -0.25) is 4.98 Å². The number of rotatable bonds is 2. The second-order valence-electron chi connectivity index (χ2n) is 5.77. The van der Waals surface area contributed by atoms with Crippen LogP contribution in [-0.2, 0) is 6.18 Å². The molecule has 0 N–H and O–H groups in total. The lowest BCUT2D eigenvalue weighted by Gasteiger charge is -2.34. The Balaban J connectivity index is 1.88. The normalized spacial score (nSPS) is 16.6. The largest absolute Gasteiger partial charge is 0.416 e. The molecule has 6 heteroatoms. The van der Waals surface area contributed by atoms with E-state index in [4.69, 9.17) is 0 Å². The minimum absolute atomic E-state index is 0.482. The van der Waals surface area contributed by atoms with Gasteiger partial charge < -0.3 is 9.80 Å². The van der Waals surface area contributed by atoms with Crippen molar-refractivity contribution in [1.29, 1.82) is 0 Å². The van der Waals surface area contributed by atoms with Gasteiger partial charge in [-0.1, -0.05) is 12.1 Å². The number of benzene rings is 1. The fraction of sp³-hybridized carbons (Fsp3) is 0.353. The SMILES string of the molecule is CN1CCN(c2ccnc(-c3cccc(C(F)(F)F)c3)c2)CC1. The third kappa shape index (κ3) is 3.64. The van der Waals surface area contributed by atoms with Crippen molar-refractivity contribution in [3.63, 3.8) is 0 Å². The van der Waals surface area contributed by atoms with E-state index < -0.39 is 11.7 Å². The lowest BCUT2D eigenvalue weighted by molar-refractivity contribution is -0.137. The highest BCUT2D eigenvalue weighted by atomic mass is 19.4. The standard InChI is InChI=1S/C17H18F3N3/c1-22-7-9-23(10-8-22)15-5-6-21-16(12-15)13-3-2-4-14(11-13)17(18,19)20/h2-6,11-12H,7-10H2,1H3. The summed E-state index contributed by atoms with van der Waals surface area (Å²) < 4.78 is 38.6. The van der Waals surface area contributed by atoms with Crippen LogP contribution in [0.2, 0.25) is 0 Å². The number of pyridine rings is 1. The molecule has 0 bridgehead atoms. The van der Waals surface area contributed by atoms with Crippen LogP contribution in [0.4, 0.5) is 18.9 Å². The van der Waals surface area contributed by atoms with Gasteiger partial charge in [-0.15, -0.1) is 0 Å². The summed E-state index contributed by atoms with van der Waals surface area (Å²) in [6.07, 6.45) is -2.69. The molecule has 1 saturated heterocycles. The summed E-state index contributed by atoms with van der Waals surface area (Å²) in [5.74, 6) is 0. The van der Waals surface area contributed by atoms with E-state index in [1.807, 2.05) is 12.1 Å². The molecule has 0 radical (unpaired) electrons. The first kappa shape index (κ1) is 15.8. The molecule has 3 nitrogen and oxygen atoms in total. The van der Waals surface area contributed by atoms with E-state index in [0.29, 0.717) is 11.3 Å². The lowest BCUT2D eigenvalue weighted by Crippen LogP contribution is -2.44. The van der Waals surface area contributed by atoms with Crippen molar-refractivity contribution in [3.05, 3.63) is 48.2 Å². The maximum absolute atomic E-state index is 12.9. The van der Waals surface area contributed by atoms with Gasteiger partial charge in [0.15, 0.2) is 0 Å². The van der Waals surface area contributed by atoms with Gasteiger partial charge in [0.2, 0.25) is 0 Å². The lowest BCUT2D eigenvalue weighted by atomic mass is 10.1. The number of piperazine rings is 1. The van der Waals surface area contributed by atoms with E-state index in [1.54, 1.807) is 12.3 Å². The first-order chi connectivity index (χ1) is 10.9. The predicted octanol–water partition coefficient (Wildman–Crippen LogP) is 3.52. The van der Waals surface area contributed by atoms with E-state index >= 15 is 0 Å². The molecule has 1 aromatic heterocycles. The molecule has 0 amide bonds.